The normalized spacial score (nSPS) is 20.1. The maximum Gasteiger partial charge on any atom is 0.0790 e. The Morgan fingerprint density at radius 3 is 1.50 bits per heavy atom. The van der Waals surface area contributed by atoms with Gasteiger partial charge in [-0.1, -0.05) is 48.9 Å². The average molecular weight is 537 g/mol. The van der Waals surface area contributed by atoms with Gasteiger partial charge in [-0.2, -0.15) is 0 Å². The summed E-state index contributed by atoms with van der Waals surface area (Å²) in [7, 11) is 0. The summed E-state index contributed by atoms with van der Waals surface area (Å²) < 4.78 is 0. The lowest BCUT2D eigenvalue weighted by Crippen LogP contribution is -2.30. The number of nitrogens with zero attached hydrogens (tertiary/aromatic N) is 2. The Labute approximate surface area is 234 Å². The molecule has 2 N–H and O–H groups in total. The van der Waals surface area contributed by atoms with Gasteiger partial charge < -0.3 is 20.0 Å². The molecule has 4 nitrogen and oxygen atoms in total. The van der Waals surface area contributed by atoms with Crippen molar-refractivity contribution in [3.63, 3.8) is 0 Å². The van der Waals surface area contributed by atoms with Crippen molar-refractivity contribution in [2.24, 2.45) is 0 Å². The molecule has 2 atom stereocenters. The van der Waals surface area contributed by atoms with Crippen molar-refractivity contribution in [1.29, 1.82) is 0 Å². The van der Waals surface area contributed by atoms with E-state index in [0.717, 1.165) is 43.2 Å². The lowest BCUT2D eigenvalue weighted by atomic mass is 9.95. The van der Waals surface area contributed by atoms with Crippen LogP contribution in [0, 0.1) is 0 Å². The Hall–Kier alpha value is -1.37. The fourth-order valence-electron chi connectivity index (χ4n) is 6.46. The van der Waals surface area contributed by atoms with Gasteiger partial charge in [0.1, 0.15) is 0 Å². The highest BCUT2D eigenvalue weighted by molar-refractivity contribution is 7.99. The molecule has 5 rings (SSSR count). The van der Waals surface area contributed by atoms with Crippen LogP contribution in [-0.4, -0.2) is 59.3 Å². The lowest BCUT2D eigenvalue weighted by Gasteiger charge is -2.26. The van der Waals surface area contributed by atoms with Crippen molar-refractivity contribution in [2.45, 2.75) is 105 Å². The number of piperidine rings is 2. The molecule has 2 unspecified atom stereocenters. The van der Waals surface area contributed by atoms with Gasteiger partial charge in [-0.3, -0.25) is 0 Å². The van der Waals surface area contributed by atoms with Gasteiger partial charge in [0.2, 0.25) is 0 Å². The summed E-state index contributed by atoms with van der Waals surface area (Å²) >= 11 is 1.82. The van der Waals surface area contributed by atoms with Crippen molar-refractivity contribution >= 4 is 11.8 Å². The third-order valence-corrected chi connectivity index (χ3v) is 10.1. The minimum absolute atomic E-state index is 0.383. The first-order valence-electron chi connectivity index (χ1n) is 15.4. The molecule has 0 amide bonds. The van der Waals surface area contributed by atoms with Crippen LogP contribution in [-0.2, 0) is 6.42 Å². The maximum absolute atomic E-state index is 10.9. The number of unbranched alkanes of at least 4 members (excludes halogenated alkanes) is 2. The third-order valence-electron chi connectivity index (χ3n) is 8.84. The van der Waals surface area contributed by atoms with Crippen LogP contribution >= 0.6 is 11.8 Å². The highest BCUT2D eigenvalue weighted by atomic mass is 32.2. The van der Waals surface area contributed by atoms with Crippen LogP contribution in [0.25, 0.3) is 0 Å². The number of hydrogen-bond donors (Lipinski definition) is 2. The first kappa shape index (κ1) is 28.2. The van der Waals surface area contributed by atoms with E-state index in [2.05, 4.69) is 46.2 Å². The Bertz CT molecular complexity index is 937. The number of aliphatic hydroxyl groups excluding tert-OH is 2. The predicted molar refractivity (Wildman–Crippen MR) is 158 cm³/mol. The van der Waals surface area contributed by atoms with E-state index in [1.165, 1.54) is 112 Å². The molecule has 0 aromatic heterocycles. The Balaban J connectivity index is 1.10. The smallest absolute Gasteiger partial charge is 0.0790 e. The number of likely N-dealkylation sites (tertiary alicyclic amines) is 2. The molecule has 2 saturated heterocycles. The molecule has 0 radical (unpaired) electrons. The van der Waals surface area contributed by atoms with Crippen molar-refractivity contribution in [3.8, 4) is 0 Å². The topological polar surface area (TPSA) is 46.9 Å². The second-order valence-electron chi connectivity index (χ2n) is 11.8. The first-order valence-corrected chi connectivity index (χ1v) is 16.2. The molecule has 2 fully saturated rings. The lowest BCUT2D eigenvalue weighted by molar-refractivity contribution is 0.158. The van der Waals surface area contributed by atoms with E-state index in [1.54, 1.807) is 0 Å². The molecule has 2 aromatic carbocycles. The van der Waals surface area contributed by atoms with Crippen LogP contribution in [0.3, 0.4) is 0 Å². The average Bonchev–Trinajstić information content (AvgIpc) is 2.96. The van der Waals surface area contributed by atoms with Gasteiger partial charge in [-0.05, 0) is 144 Å². The van der Waals surface area contributed by atoms with Crippen LogP contribution < -0.4 is 0 Å². The van der Waals surface area contributed by atoms with Crippen LogP contribution in [0.1, 0.15) is 112 Å². The predicted octanol–water partition coefficient (Wildman–Crippen LogP) is 7.12. The fraction of sp³-hybridized carbons (Fsp3) is 0.636. The molecule has 3 aliphatic rings. The zero-order chi connectivity index (χ0) is 26.2. The third kappa shape index (κ3) is 7.85. The standard InChI is InChI=1S/C33H48N2O2S/c36-30(11-3-9-21-34-17-5-1-6-18-34)26-13-15-32-28(23-26)25-29-24-27(14-16-33(29)38-32)31(37)12-4-10-22-35-19-7-2-8-20-35/h13-16,23-24,30-31,36-37H,1-12,17-22,25H2. The Morgan fingerprint density at radius 2 is 1.05 bits per heavy atom. The summed E-state index contributed by atoms with van der Waals surface area (Å²) in [6.45, 7) is 7.37. The SMILES string of the molecule is OC(CCCCN1CCCCC1)c1ccc2c(c1)Cc1cc(C(O)CCCCN3CCCCC3)ccc1S2. The van der Waals surface area contributed by atoms with E-state index in [0.29, 0.717) is 0 Å². The van der Waals surface area contributed by atoms with Gasteiger partial charge in [0.25, 0.3) is 0 Å². The van der Waals surface area contributed by atoms with E-state index < -0.39 is 0 Å². The molecule has 0 aliphatic carbocycles. The van der Waals surface area contributed by atoms with Crippen molar-refractivity contribution < 1.29 is 10.2 Å². The monoisotopic (exact) mass is 536 g/mol. The number of aliphatic hydroxyl groups is 2. The summed E-state index contributed by atoms with van der Waals surface area (Å²) in [6, 6.07) is 13.1. The molecule has 38 heavy (non-hydrogen) atoms. The maximum atomic E-state index is 10.9. The second-order valence-corrected chi connectivity index (χ2v) is 12.9. The molecule has 208 valence electrons. The fourth-order valence-corrected chi connectivity index (χ4v) is 7.49. The van der Waals surface area contributed by atoms with E-state index >= 15 is 0 Å². The minimum Gasteiger partial charge on any atom is -0.388 e. The van der Waals surface area contributed by atoms with E-state index in [4.69, 9.17) is 0 Å². The van der Waals surface area contributed by atoms with Crippen molar-refractivity contribution in [1.82, 2.24) is 9.80 Å². The summed E-state index contributed by atoms with van der Waals surface area (Å²) in [5.74, 6) is 0. The van der Waals surface area contributed by atoms with Crippen LogP contribution in [0.4, 0.5) is 0 Å². The number of hydrogen-bond acceptors (Lipinski definition) is 5. The number of fused-ring (bicyclic) bond motifs is 2. The van der Waals surface area contributed by atoms with Crippen LogP contribution in [0.2, 0.25) is 0 Å². The summed E-state index contributed by atoms with van der Waals surface area (Å²) in [5, 5.41) is 21.8. The largest absolute Gasteiger partial charge is 0.388 e. The van der Waals surface area contributed by atoms with Gasteiger partial charge in [-0.25, -0.2) is 0 Å². The van der Waals surface area contributed by atoms with Crippen molar-refractivity contribution in [2.75, 3.05) is 39.3 Å². The van der Waals surface area contributed by atoms with Crippen molar-refractivity contribution in [3.05, 3.63) is 58.7 Å². The molecular formula is C33H48N2O2S. The molecule has 3 heterocycles. The second kappa shape index (κ2) is 14.3. The number of benzene rings is 2. The van der Waals surface area contributed by atoms with Gasteiger partial charge in [-0.15, -0.1) is 0 Å². The quantitative estimate of drug-likeness (QED) is 0.241. The van der Waals surface area contributed by atoms with Crippen LogP contribution in [0.5, 0.6) is 0 Å². The highest BCUT2D eigenvalue weighted by Crippen LogP contribution is 2.41. The van der Waals surface area contributed by atoms with E-state index in [9.17, 15) is 10.2 Å². The van der Waals surface area contributed by atoms with Gasteiger partial charge >= 0.3 is 0 Å². The van der Waals surface area contributed by atoms with E-state index in [-0.39, 0.29) is 12.2 Å². The molecule has 5 heteroatoms. The summed E-state index contributed by atoms with van der Waals surface area (Å²) in [5.41, 5.74) is 4.72. The molecule has 2 aromatic rings. The Morgan fingerprint density at radius 1 is 0.605 bits per heavy atom. The summed E-state index contributed by atoms with van der Waals surface area (Å²) in [4.78, 5) is 7.77. The zero-order valence-electron chi connectivity index (χ0n) is 23.3. The number of rotatable bonds is 12. The zero-order valence-corrected chi connectivity index (χ0v) is 24.1. The summed E-state index contributed by atoms with van der Waals surface area (Å²) in [6.07, 6.45) is 14.4. The molecule has 3 aliphatic heterocycles. The molecule has 0 spiro atoms. The molecule has 0 bridgehead atoms. The highest BCUT2D eigenvalue weighted by Gasteiger charge is 2.20. The minimum atomic E-state index is -0.383. The van der Waals surface area contributed by atoms with E-state index in [1.807, 2.05) is 11.8 Å². The molecular weight excluding hydrogens is 488 g/mol. The van der Waals surface area contributed by atoms with Gasteiger partial charge in [0.15, 0.2) is 0 Å². The van der Waals surface area contributed by atoms with Crippen LogP contribution in [0.15, 0.2) is 46.2 Å². The molecule has 0 saturated carbocycles. The van der Waals surface area contributed by atoms with Gasteiger partial charge in [0.05, 0.1) is 12.2 Å². The Kier molecular flexibility index (Phi) is 10.6. The first-order chi connectivity index (χ1) is 18.7. The van der Waals surface area contributed by atoms with Gasteiger partial charge in [0, 0.05) is 9.79 Å².